The molecule has 0 unspecified atom stereocenters. The highest BCUT2D eigenvalue weighted by molar-refractivity contribution is 7.10. The van der Waals surface area contributed by atoms with Crippen molar-refractivity contribution in [2.24, 2.45) is 0 Å². The van der Waals surface area contributed by atoms with E-state index in [-0.39, 0.29) is 18.0 Å². The molecule has 1 fully saturated rings. The summed E-state index contributed by atoms with van der Waals surface area (Å²) >= 11 is 1.78. The summed E-state index contributed by atoms with van der Waals surface area (Å²) in [4.78, 5) is 15.4. The number of benzene rings is 1. The monoisotopic (exact) mass is 372 g/mol. The van der Waals surface area contributed by atoms with Crippen molar-refractivity contribution in [1.29, 1.82) is 0 Å². The van der Waals surface area contributed by atoms with Crippen molar-refractivity contribution in [3.63, 3.8) is 0 Å². The number of nitrogens with one attached hydrogen (secondary N) is 1. The maximum atomic E-state index is 11.6. The molecule has 1 aromatic carbocycles. The van der Waals surface area contributed by atoms with E-state index < -0.39 is 0 Å². The number of thiophene rings is 1. The molecule has 1 aromatic heterocycles. The molecular weight excluding hydrogens is 348 g/mol. The summed E-state index contributed by atoms with van der Waals surface area (Å²) in [6.07, 6.45) is 2.54. The number of carbonyl (C=O) groups excluding carboxylic acids is 1. The van der Waals surface area contributed by atoms with Gasteiger partial charge in [-0.3, -0.25) is 9.69 Å². The molecule has 4 rings (SSSR count). The number of amides is 1. The van der Waals surface area contributed by atoms with E-state index >= 15 is 0 Å². The minimum Gasteiger partial charge on any atom is -0.493 e. The van der Waals surface area contributed by atoms with Gasteiger partial charge in [-0.05, 0) is 47.5 Å². The summed E-state index contributed by atoms with van der Waals surface area (Å²) in [5, 5.41) is 5.23. The molecule has 138 valence electrons. The Balaban J connectivity index is 1.71. The molecule has 2 aromatic rings. The summed E-state index contributed by atoms with van der Waals surface area (Å²) in [7, 11) is 3.36. The van der Waals surface area contributed by atoms with Gasteiger partial charge in [0.15, 0.2) is 11.5 Å². The SMILES string of the molecule is COc1cc2c(cc1OC)[C@H](c1cccs1)N(C[C@H]1CCC(=O)N1)CC2. The van der Waals surface area contributed by atoms with Crippen LogP contribution in [-0.4, -0.2) is 44.2 Å². The van der Waals surface area contributed by atoms with Gasteiger partial charge >= 0.3 is 0 Å². The molecule has 0 aliphatic carbocycles. The molecule has 6 heteroatoms. The summed E-state index contributed by atoms with van der Waals surface area (Å²) < 4.78 is 11.0. The molecule has 26 heavy (non-hydrogen) atoms. The number of carbonyl (C=O) groups is 1. The summed E-state index contributed by atoms with van der Waals surface area (Å²) in [6, 6.07) is 8.97. The van der Waals surface area contributed by atoms with Gasteiger partial charge in [0.1, 0.15) is 0 Å². The number of rotatable bonds is 5. The van der Waals surface area contributed by atoms with Crippen LogP contribution in [-0.2, 0) is 11.2 Å². The molecule has 1 saturated heterocycles. The quantitative estimate of drug-likeness (QED) is 0.877. The zero-order chi connectivity index (χ0) is 18.1. The smallest absolute Gasteiger partial charge is 0.220 e. The van der Waals surface area contributed by atoms with Crippen LogP contribution < -0.4 is 14.8 Å². The van der Waals surface area contributed by atoms with Crippen LogP contribution in [0, 0.1) is 0 Å². The lowest BCUT2D eigenvalue weighted by molar-refractivity contribution is -0.119. The molecule has 2 aliphatic rings. The molecule has 3 heterocycles. The normalized spacial score (nSPS) is 22.8. The molecule has 1 N–H and O–H groups in total. The van der Waals surface area contributed by atoms with E-state index in [2.05, 4.69) is 39.9 Å². The van der Waals surface area contributed by atoms with Crippen molar-refractivity contribution in [3.8, 4) is 11.5 Å². The third-order valence-corrected chi connectivity index (χ3v) is 6.25. The Bertz CT molecular complexity index is 791. The molecule has 0 radical (unpaired) electrons. The van der Waals surface area contributed by atoms with Crippen molar-refractivity contribution in [2.75, 3.05) is 27.3 Å². The van der Waals surface area contributed by atoms with Gasteiger partial charge in [0.05, 0.1) is 20.3 Å². The van der Waals surface area contributed by atoms with Crippen LogP contribution >= 0.6 is 11.3 Å². The molecule has 2 atom stereocenters. The van der Waals surface area contributed by atoms with Crippen molar-refractivity contribution in [2.45, 2.75) is 31.3 Å². The number of hydrogen-bond donors (Lipinski definition) is 1. The standard InChI is InChI=1S/C20H24N2O3S/c1-24-16-10-13-7-8-22(12-14-5-6-19(23)21-14)20(18-4-3-9-26-18)15(13)11-17(16)25-2/h3-4,9-11,14,20H,5-8,12H2,1-2H3,(H,21,23)/t14-,20-/m1/s1. The van der Waals surface area contributed by atoms with Crippen LogP contribution in [0.3, 0.4) is 0 Å². The van der Waals surface area contributed by atoms with Gasteiger partial charge in [0, 0.05) is 30.4 Å². The maximum absolute atomic E-state index is 11.6. The van der Waals surface area contributed by atoms with Crippen molar-refractivity contribution >= 4 is 17.2 Å². The van der Waals surface area contributed by atoms with E-state index in [9.17, 15) is 4.79 Å². The van der Waals surface area contributed by atoms with Crippen LogP contribution in [0.25, 0.3) is 0 Å². The third kappa shape index (κ3) is 3.19. The lowest BCUT2D eigenvalue weighted by atomic mass is 9.90. The number of methoxy groups -OCH3 is 2. The summed E-state index contributed by atoms with van der Waals surface area (Å²) in [5.74, 6) is 1.72. The van der Waals surface area contributed by atoms with Crippen molar-refractivity contribution < 1.29 is 14.3 Å². The molecule has 0 saturated carbocycles. The summed E-state index contributed by atoms with van der Waals surface area (Å²) in [5.41, 5.74) is 2.59. The van der Waals surface area contributed by atoms with Gasteiger partial charge in [0.25, 0.3) is 0 Å². The van der Waals surface area contributed by atoms with Crippen molar-refractivity contribution in [3.05, 3.63) is 45.6 Å². The molecule has 5 nitrogen and oxygen atoms in total. The van der Waals surface area contributed by atoms with Crippen LogP contribution in [0.1, 0.15) is 34.9 Å². The Kier molecular flexibility index (Phi) is 4.87. The van der Waals surface area contributed by atoms with E-state index in [0.29, 0.717) is 6.42 Å². The topological polar surface area (TPSA) is 50.8 Å². The first kappa shape index (κ1) is 17.4. The number of hydrogen-bond acceptors (Lipinski definition) is 5. The fraction of sp³-hybridized carbons (Fsp3) is 0.450. The van der Waals surface area contributed by atoms with E-state index in [4.69, 9.17) is 9.47 Å². The van der Waals surface area contributed by atoms with E-state index in [1.54, 1.807) is 25.6 Å². The maximum Gasteiger partial charge on any atom is 0.220 e. The van der Waals surface area contributed by atoms with E-state index in [1.165, 1.54) is 16.0 Å². The minimum atomic E-state index is 0.173. The number of fused-ring (bicyclic) bond motifs is 1. The Morgan fingerprint density at radius 3 is 2.69 bits per heavy atom. The first-order valence-corrected chi connectivity index (χ1v) is 9.89. The average Bonchev–Trinajstić information content (AvgIpc) is 3.32. The average molecular weight is 372 g/mol. The third-order valence-electron chi connectivity index (χ3n) is 5.33. The van der Waals surface area contributed by atoms with Crippen molar-refractivity contribution in [1.82, 2.24) is 10.2 Å². The second-order valence-corrected chi connectivity index (χ2v) is 7.85. The lowest BCUT2D eigenvalue weighted by Gasteiger charge is -2.38. The highest BCUT2D eigenvalue weighted by Crippen LogP contribution is 2.42. The van der Waals surface area contributed by atoms with Crippen LogP contribution in [0.2, 0.25) is 0 Å². The Morgan fingerprint density at radius 1 is 1.23 bits per heavy atom. The second kappa shape index (κ2) is 7.29. The largest absolute Gasteiger partial charge is 0.493 e. The fourth-order valence-corrected chi connectivity index (χ4v) is 4.95. The Hall–Kier alpha value is -2.05. The van der Waals surface area contributed by atoms with Gasteiger partial charge in [-0.2, -0.15) is 0 Å². The first-order chi connectivity index (χ1) is 12.7. The minimum absolute atomic E-state index is 0.173. The molecule has 0 bridgehead atoms. The van der Waals surface area contributed by atoms with Crippen LogP contribution in [0.4, 0.5) is 0 Å². The van der Waals surface area contributed by atoms with E-state index in [0.717, 1.165) is 37.4 Å². The van der Waals surface area contributed by atoms with Gasteiger partial charge < -0.3 is 14.8 Å². The zero-order valence-electron chi connectivity index (χ0n) is 15.2. The number of ether oxygens (including phenoxy) is 2. The molecule has 0 spiro atoms. The van der Waals surface area contributed by atoms with Gasteiger partial charge in [-0.25, -0.2) is 0 Å². The fourth-order valence-electron chi connectivity index (χ4n) is 4.07. The number of nitrogens with zero attached hydrogens (tertiary/aromatic N) is 1. The Labute approximate surface area is 157 Å². The molecular formula is C20H24N2O3S. The predicted octanol–water partition coefficient (Wildman–Crippen LogP) is 2.99. The zero-order valence-corrected chi connectivity index (χ0v) is 16.0. The second-order valence-electron chi connectivity index (χ2n) is 6.87. The van der Waals surface area contributed by atoms with Crippen LogP contribution in [0.15, 0.2) is 29.6 Å². The van der Waals surface area contributed by atoms with Gasteiger partial charge in [-0.15, -0.1) is 11.3 Å². The highest BCUT2D eigenvalue weighted by Gasteiger charge is 2.33. The summed E-state index contributed by atoms with van der Waals surface area (Å²) in [6.45, 7) is 1.85. The lowest BCUT2D eigenvalue weighted by Crippen LogP contribution is -2.43. The molecule has 1 amide bonds. The van der Waals surface area contributed by atoms with Crippen LogP contribution in [0.5, 0.6) is 11.5 Å². The van der Waals surface area contributed by atoms with Gasteiger partial charge in [-0.1, -0.05) is 6.07 Å². The predicted molar refractivity (Wildman–Crippen MR) is 102 cm³/mol. The first-order valence-electron chi connectivity index (χ1n) is 9.01. The molecule has 2 aliphatic heterocycles. The Morgan fingerprint density at radius 2 is 2.04 bits per heavy atom. The van der Waals surface area contributed by atoms with E-state index in [1.807, 2.05) is 0 Å². The van der Waals surface area contributed by atoms with Gasteiger partial charge in [0.2, 0.25) is 5.91 Å². The highest BCUT2D eigenvalue weighted by atomic mass is 32.1.